The van der Waals surface area contributed by atoms with Crippen LogP contribution in [0, 0.1) is 5.82 Å². The first-order chi connectivity index (χ1) is 8.00. The van der Waals surface area contributed by atoms with E-state index in [1.165, 1.54) is 24.3 Å². The number of carbonyl (C=O) groups excluding carboxylic acids is 1. The summed E-state index contributed by atoms with van der Waals surface area (Å²) in [6.45, 7) is 0. The third-order valence-corrected chi connectivity index (χ3v) is 3.97. The van der Waals surface area contributed by atoms with E-state index in [4.69, 9.17) is 34.8 Å². The summed E-state index contributed by atoms with van der Waals surface area (Å²) in [7, 11) is 0. The van der Waals surface area contributed by atoms with Crippen LogP contribution >= 0.6 is 46.1 Å². The number of hydrogen-bond donors (Lipinski definition) is 0. The summed E-state index contributed by atoms with van der Waals surface area (Å²) in [5.41, 5.74) is 0.303. The Morgan fingerprint density at radius 1 is 1.18 bits per heavy atom. The second kappa shape index (κ2) is 4.94. The zero-order valence-corrected chi connectivity index (χ0v) is 11.2. The van der Waals surface area contributed by atoms with Crippen molar-refractivity contribution in [3.05, 3.63) is 54.9 Å². The number of carbonyl (C=O) groups is 1. The van der Waals surface area contributed by atoms with Gasteiger partial charge in [0.15, 0.2) is 5.78 Å². The highest BCUT2D eigenvalue weighted by molar-refractivity contribution is 7.20. The van der Waals surface area contributed by atoms with Crippen LogP contribution in [0.3, 0.4) is 0 Å². The predicted octanol–water partition coefficient (Wildman–Crippen LogP) is 5.08. The largest absolute Gasteiger partial charge is 0.288 e. The second-order valence-corrected chi connectivity index (χ2v) is 5.83. The van der Waals surface area contributed by atoms with Gasteiger partial charge in [-0.1, -0.05) is 40.9 Å². The number of rotatable bonds is 2. The molecule has 0 saturated carbocycles. The van der Waals surface area contributed by atoms with Crippen LogP contribution in [-0.4, -0.2) is 5.78 Å². The van der Waals surface area contributed by atoms with E-state index < -0.39 is 11.6 Å². The summed E-state index contributed by atoms with van der Waals surface area (Å²) >= 11 is 18.4. The van der Waals surface area contributed by atoms with Crippen molar-refractivity contribution in [3.63, 3.8) is 0 Å². The molecule has 0 saturated heterocycles. The van der Waals surface area contributed by atoms with Crippen molar-refractivity contribution >= 4 is 51.9 Å². The maximum absolute atomic E-state index is 13.2. The van der Waals surface area contributed by atoms with Crippen LogP contribution in [0.15, 0.2) is 24.3 Å². The molecule has 1 nitrogen and oxygen atoms in total. The molecule has 0 atom stereocenters. The van der Waals surface area contributed by atoms with Crippen LogP contribution in [0.5, 0.6) is 0 Å². The molecule has 0 spiro atoms. The molecule has 0 aliphatic carbocycles. The molecular formula is C11H4Cl3FOS. The first-order valence-corrected chi connectivity index (χ1v) is 6.39. The minimum absolute atomic E-state index is 0.0723. The fraction of sp³-hybridized carbons (Fsp3) is 0. The van der Waals surface area contributed by atoms with Gasteiger partial charge in [0.25, 0.3) is 0 Å². The highest BCUT2D eigenvalue weighted by Crippen LogP contribution is 2.34. The Hall–Kier alpha value is -0.610. The third-order valence-electron chi connectivity index (χ3n) is 2.10. The van der Waals surface area contributed by atoms with Gasteiger partial charge in [0, 0.05) is 5.56 Å². The molecule has 0 amide bonds. The highest BCUT2D eigenvalue weighted by atomic mass is 35.5. The van der Waals surface area contributed by atoms with Crippen LogP contribution in [0.1, 0.15) is 15.9 Å². The van der Waals surface area contributed by atoms with Gasteiger partial charge in [-0.3, -0.25) is 4.79 Å². The molecule has 1 aromatic carbocycles. The van der Waals surface area contributed by atoms with Gasteiger partial charge in [0.2, 0.25) is 0 Å². The fourth-order valence-corrected chi connectivity index (χ4v) is 2.99. The minimum Gasteiger partial charge on any atom is -0.288 e. The van der Waals surface area contributed by atoms with Gasteiger partial charge in [-0.25, -0.2) is 4.39 Å². The second-order valence-electron chi connectivity index (χ2n) is 3.17. The summed E-state index contributed by atoms with van der Waals surface area (Å²) < 4.78 is 13.9. The summed E-state index contributed by atoms with van der Waals surface area (Å²) in [5.74, 6) is -1.09. The normalized spacial score (nSPS) is 10.6. The highest BCUT2D eigenvalue weighted by Gasteiger charge is 2.19. The van der Waals surface area contributed by atoms with E-state index in [2.05, 4.69) is 0 Å². The summed E-state index contributed by atoms with van der Waals surface area (Å²) in [4.78, 5) is 12.1. The molecule has 0 bridgehead atoms. The van der Waals surface area contributed by atoms with Gasteiger partial charge in [-0.15, -0.1) is 11.3 Å². The van der Waals surface area contributed by atoms with Gasteiger partial charge >= 0.3 is 0 Å². The van der Waals surface area contributed by atoms with Crippen LogP contribution in [0.4, 0.5) is 4.39 Å². The zero-order chi connectivity index (χ0) is 12.6. The van der Waals surface area contributed by atoms with Crippen molar-refractivity contribution in [2.24, 2.45) is 0 Å². The molecule has 1 aromatic heterocycles. The minimum atomic E-state index is -0.644. The first-order valence-electron chi connectivity index (χ1n) is 4.44. The van der Waals surface area contributed by atoms with E-state index in [-0.39, 0.29) is 20.5 Å². The zero-order valence-electron chi connectivity index (χ0n) is 8.14. The molecule has 0 radical (unpaired) electrons. The number of thiophene rings is 1. The average molecular weight is 310 g/mol. The van der Waals surface area contributed by atoms with Gasteiger partial charge < -0.3 is 0 Å². The lowest BCUT2D eigenvalue weighted by Gasteiger charge is -2.02. The molecule has 0 aliphatic rings. The Kier molecular flexibility index (Phi) is 3.73. The molecule has 2 aromatic rings. The smallest absolute Gasteiger partial charge is 0.197 e. The van der Waals surface area contributed by atoms with E-state index in [9.17, 15) is 9.18 Å². The van der Waals surface area contributed by atoms with Crippen molar-refractivity contribution in [2.75, 3.05) is 0 Å². The van der Waals surface area contributed by atoms with Crippen LogP contribution < -0.4 is 0 Å². The Balaban J connectivity index is 2.51. The van der Waals surface area contributed by atoms with Gasteiger partial charge in [0.05, 0.1) is 14.9 Å². The maximum atomic E-state index is 13.2. The van der Waals surface area contributed by atoms with Crippen molar-refractivity contribution < 1.29 is 9.18 Å². The molecular weight excluding hydrogens is 306 g/mol. The van der Waals surface area contributed by atoms with Crippen molar-refractivity contribution in [1.82, 2.24) is 0 Å². The van der Waals surface area contributed by atoms with Crippen LogP contribution in [0.2, 0.25) is 13.7 Å². The molecule has 0 unspecified atom stereocenters. The predicted molar refractivity (Wildman–Crippen MR) is 69.2 cm³/mol. The van der Waals surface area contributed by atoms with Crippen molar-refractivity contribution in [2.45, 2.75) is 0 Å². The van der Waals surface area contributed by atoms with Gasteiger partial charge in [-0.05, 0) is 18.2 Å². The lowest BCUT2D eigenvalue weighted by molar-refractivity contribution is 0.103. The summed E-state index contributed by atoms with van der Waals surface area (Å²) in [5, 5.41) is -0.212. The maximum Gasteiger partial charge on any atom is 0.197 e. The topological polar surface area (TPSA) is 17.1 Å². The number of halogens is 4. The van der Waals surface area contributed by atoms with Crippen molar-refractivity contribution in [1.29, 1.82) is 0 Å². The van der Waals surface area contributed by atoms with E-state index in [0.29, 0.717) is 4.34 Å². The molecule has 0 fully saturated rings. The molecule has 0 N–H and O–H groups in total. The van der Waals surface area contributed by atoms with E-state index in [1.807, 2.05) is 0 Å². The van der Waals surface area contributed by atoms with E-state index in [1.54, 1.807) is 0 Å². The molecule has 0 aliphatic heterocycles. The third kappa shape index (κ3) is 2.47. The van der Waals surface area contributed by atoms with Crippen LogP contribution in [-0.2, 0) is 0 Å². The number of benzene rings is 1. The SMILES string of the molecule is O=C(c1cc(Cl)sc1Cl)c1cccc(F)c1Cl. The van der Waals surface area contributed by atoms with Crippen LogP contribution in [0.25, 0.3) is 0 Å². The standard InChI is InChI=1S/C11H4Cl3FOS/c12-8-4-6(11(14)17-8)10(16)5-2-1-3-7(15)9(5)13/h1-4H. The van der Waals surface area contributed by atoms with E-state index in [0.717, 1.165) is 11.3 Å². The number of hydrogen-bond acceptors (Lipinski definition) is 2. The lowest BCUT2D eigenvalue weighted by Crippen LogP contribution is -2.02. The molecule has 6 heteroatoms. The average Bonchev–Trinajstić information content (AvgIpc) is 2.61. The van der Waals surface area contributed by atoms with E-state index >= 15 is 0 Å². The Morgan fingerprint density at radius 3 is 2.47 bits per heavy atom. The van der Waals surface area contributed by atoms with Gasteiger partial charge in [-0.2, -0.15) is 0 Å². The monoisotopic (exact) mass is 308 g/mol. The van der Waals surface area contributed by atoms with Crippen molar-refractivity contribution in [3.8, 4) is 0 Å². The molecule has 1 heterocycles. The summed E-state index contributed by atoms with van der Waals surface area (Å²) in [6.07, 6.45) is 0. The first kappa shape index (κ1) is 12.8. The molecule has 17 heavy (non-hydrogen) atoms. The van der Waals surface area contributed by atoms with Gasteiger partial charge in [0.1, 0.15) is 10.2 Å². The lowest BCUT2D eigenvalue weighted by atomic mass is 10.1. The Bertz CT molecular complexity index is 594. The Morgan fingerprint density at radius 2 is 1.88 bits per heavy atom. The quantitative estimate of drug-likeness (QED) is 0.707. The fourth-order valence-electron chi connectivity index (χ4n) is 1.32. The molecule has 2 rings (SSSR count). The Labute approximate surface area is 116 Å². The molecule has 88 valence electrons. The number of ketones is 1. The summed E-state index contributed by atoms with van der Waals surface area (Å²) in [6, 6.07) is 5.48.